The van der Waals surface area contributed by atoms with Gasteiger partial charge in [0.15, 0.2) is 0 Å². The first-order valence-corrected chi connectivity index (χ1v) is 7.20. The van der Waals surface area contributed by atoms with Crippen LogP contribution in [0.25, 0.3) is 0 Å². The van der Waals surface area contributed by atoms with Crippen LogP contribution in [0.15, 0.2) is 0 Å². The van der Waals surface area contributed by atoms with Gasteiger partial charge in [-0.3, -0.25) is 0 Å². The fourth-order valence-corrected chi connectivity index (χ4v) is 2.97. The lowest BCUT2D eigenvalue weighted by Crippen LogP contribution is -2.44. The Morgan fingerprint density at radius 3 is 2.81 bits per heavy atom. The van der Waals surface area contributed by atoms with Crippen LogP contribution in [0.3, 0.4) is 0 Å². The standard InChI is InChI=1S/C14H30N2/c1-4-6-9-14(5-2)16-10-7-8-13(12-16)11-15-3/h13-15H,4-12H2,1-3H3. The number of likely N-dealkylation sites (tertiary alicyclic amines) is 1. The molecule has 0 aliphatic carbocycles. The molecule has 1 rings (SSSR count). The van der Waals surface area contributed by atoms with Crippen LogP contribution in [-0.2, 0) is 0 Å². The summed E-state index contributed by atoms with van der Waals surface area (Å²) in [4.78, 5) is 2.75. The average Bonchev–Trinajstić information content (AvgIpc) is 2.31. The fourth-order valence-electron chi connectivity index (χ4n) is 2.97. The van der Waals surface area contributed by atoms with Crippen LogP contribution in [0.2, 0.25) is 0 Å². The van der Waals surface area contributed by atoms with Gasteiger partial charge in [-0.25, -0.2) is 0 Å². The summed E-state index contributed by atoms with van der Waals surface area (Å²) in [5.41, 5.74) is 0. The summed E-state index contributed by atoms with van der Waals surface area (Å²) in [6, 6.07) is 0.847. The summed E-state index contributed by atoms with van der Waals surface area (Å²) in [6.07, 6.45) is 8.28. The molecule has 0 spiro atoms. The second kappa shape index (κ2) is 8.08. The van der Waals surface area contributed by atoms with Gasteiger partial charge in [0.05, 0.1) is 0 Å². The maximum Gasteiger partial charge on any atom is 0.00927 e. The van der Waals surface area contributed by atoms with Crippen molar-refractivity contribution in [1.82, 2.24) is 10.2 Å². The third-order valence-corrected chi connectivity index (χ3v) is 3.92. The normalized spacial score (nSPS) is 24.6. The summed E-state index contributed by atoms with van der Waals surface area (Å²) in [5, 5.41) is 3.33. The molecule has 16 heavy (non-hydrogen) atoms. The lowest BCUT2D eigenvalue weighted by atomic mass is 9.94. The highest BCUT2D eigenvalue weighted by atomic mass is 15.2. The fraction of sp³-hybridized carbons (Fsp3) is 1.00. The van der Waals surface area contributed by atoms with E-state index in [9.17, 15) is 0 Å². The van der Waals surface area contributed by atoms with Gasteiger partial charge >= 0.3 is 0 Å². The lowest BCUT2D eigenvalue weighted by Gasteiger charge is -2.38. The van der Waals surface area contributed by atoms with Gasteiger partial charge in [0, 0.05) is 12.6 Å². The lowest BCUT2D eigenvalue weighted by molar-refractivity contribution is 0.113. The van der Waals surface area contributed by atoms with Crippen molar-refractivity contribution < 1.29 is 0 Å². The van der Waals surface area contributed by atoms with Crippen LogP contribution in [0.1, 0.15) is 52.4 Å². The van der Waals surface area contributed by atoms with Crippen LogP contribution in [0.5, 0.6) is 0 Å². The van der Waals surface area contributed by atoms with Crippen molar-refractivity contribution in [3.63, 3.8) is 0 Å². The Balaban J connectivity index is 2.37. The van der Waals surface area contributed by atoms with E-state index in [0.717, 1.165) is 12.0 Å². The maximum atomic E-state index is 3.33. The molecule has 1 aliphatic rings. The summed E-state index contributed by atoms with van der Waals surface area (Å²) in [7, 11) is 2.08. The number of nitrogens with zero attached hydrogens (tertiary/aromatic N) is 1. The number of unbranched alkanes of at least 4 members (excludes halogenated alkanes) is 1. The molecule has 0 bridgehead atoms. The van der Waals surface area contributed by atoms with E-state index in [0.29, 0.717) is 0 Å². The Hall–Kier alpha value is -0.0800. The number of piperidine rings is 1. The van der Waals surface area contributed by atoms with Gasteiger partial charge in [-0.1, -0.05) is 26.7 Å². The van der Waals surface area contributed by atoms with Crippen molar-refractivity contribution in [2.45, 2.75) is 58.4 Å². The van der Waals surface area contributed by atoms with Crippen LogP contribution in [0, 0.1) is 5.92 Å². The molecule has 1 saturated heterocycles. The number of nitrogens with one attached hydrogen (secondary N) is 1. The molecule has 0 saturated carbocycles. The van der Waals surface area contributed by atoms with Crippen LogP contribution < -0.4 is 5.32 Å². The Morgan fingerprint density at radius 2 is 2.19 bits per heavy atom. The van der Waals surface area contributed by atoms with E-state index >= 15 is 0 Å². The molecule has 1 aliphatic heterocycles. The predicted molar refractivity (Wildman–Crippen MR) is 71.8 cm³/mol. The van der Waals surface area contributed by atoms with Gasteiger partial charge in [0.2, 0.25) is 0 Å². The van der Waals surface area contributed by atoms with E-state index in [1.165, 1.54) is 58.2 Å². The minimum Gasteiger partial charge on any atom is -0.319 e. The van der Waals surface area contributed by atoms with Crippen LogP contribution in [0.4, 0.5) is 0 Å². The Kier molecular flexibility index (Phi) is 7.06. The maximum absolute atomic E-state index is 3.33. The van der Waals surface area contributed by atoms with Crippen molar-refractivity contribution in [3.8, 4) is 0 Å². The zero-order chi connectivity index (χ0) is 11.8. The van der Waals surface area contributed by atoms with Gasteiger partial charge < -0.3 is 10.2 Å². The van der Waals surface area contributed by atoms with Crippen molar-refractivity contribution >= 4 is 0 Å². The second-order valence-electron chi connectivity index (χ2n) is 5.27. The summed E-state index contributed by atoms with van der Waals surface area (Å²) < 4.78 is 0. The first-order valence-electron chi connectivity index (χ1n) is 7.20. The Morgan fingerprint density at radius 1 is 1.38 bits per heavy atom. The minimum absolute atomic E-state index is 0.847. The van der Waals surface area contributed by atoms with Crippen molar-refractivity contribution in [1.29, 1.82) is 0 Å². The SMILES string of the molecule is CCCCC(CC)N1CCCC(CNC)C1. The highest BCUT2D eigenvalue weighted by Gasteiger charge is 2.23. The topological polar surface area (TPSA) is 15.3 Å². The molecule has 2 atom stereocenters. The van der Waals surface area contributed by atoms with Gasteiger partial charge in [-0.2, -0.15) is 0 Å². The number of rotatable bonds is 7. The van der Waals surface area contributed by atoms with Crippen molar-refractivity contribution in [2.75, 3.05) is 26.7 Å². The monoisotopic (exact) mass is 226 g/mol. The van der Waals surface area contributed by atoms with E-state index in [1.807, 2.05) is 0 Å². The molecular formula is C14H30N2. The second-order valence-corrected chi connectivity index (χ2v) is 5.27. The summed E-state index contributed by atoms with van der Waals surface area (Å²) in [6.45, 7) is 8.50. The van der Waals surface area contributed by atoms with Gasteiger partial charge in [-0.05, 0) is 51.7 Å². The average molecular weight is 226 g/mol. The smallest absolute Gasteiger partial charge is 0.00927 e. The third-order valence-electron chi connectivity index (χ3n) is 3.92. The molecular weight excluding hydrogens is 196 g/mol. The van der Waals surface area contributed by atoms with Gasteiger partial charge in [0.1, 0.15) is 0 Å². The van der Waals surface area contributed by atoms with Crippen molar-refractivity contribution in [2.24, 2.45) is 5.92 Å². The molecule has 2 heteroatoms. The van der Waals surface area contributed by atoms with Gasteiger partial charge in [-0.15, -0.1) is 0 Å². The van der Waals surface area contributed by atoms with E-state index in [2.05, 4.69) is 31.1 Å². The van der Waals surface area contributed by atoms with Gasteiger partial charge in [0.25, 0.3) is 0 Å². The first-order chi connectivity index (χ1) is 7.81. The highest BCUT2D eigenvalue weighted by molar-refractivity contribution is 4.79. The largest absolute Gasteiger partial charge is 0.319 e. The zero-order valence-electron chi connectivity index (χ0n) is 11.5. The van der Waals surface area contributed by atoms with E-state index in [1.54, 1.807) is 0 Å². The number of hydrogen-bond donors (Lipinski definition) is 1. The Labute approximate surface area is 102 Å². The molecule has 2 nitrogen and oxygen atoms in total. The molecule has 1 N–H and O–H groups in total. The Bertz CT molecular complexity index is 168. The molecule has 1 heterocycles. The molecule has 0 aromatic carbocycles. The van der Waals surface area contributed by atoms with Crippen LogP contribution >= 0.6 is 0 Å². The van der Waals surface area contributed by atoms with Crippen LogP contribution in [-0.4, -0.2) is 37.6 Å². The minimum atomic E-state index is 0.847. The molecule has 0 aromatic heterocycles. The van der Waals surface area contributed by atoms with E-state index < -0.39 is 0 Å². The van der Waals surface area contributed by atoms with E-state index in [4.69, 9.17) is 0 Å². The molecule has 2 unspecified atom stereocenters. The quantitative estimate of drug-likeness (QED) is 0.718. The molecule has 96 valence electrons. The predicted octanol–water partition coefficient (Wildman–Crippen LogP) is 2.89. The zero-order valence-corrected chi connectivity index (χ0v) is 11.5. The third kappa shape index (κ3) is 4.42. The molecule has 0 radical (unpaired) electrons. The highest BCUT2D eigenvalue weighted by Crippen LogP contribution is 2.21. The van der Waals surface area contributed by atoms with E-state index in [-0.39, 0.29) is 0 Å². The molecule has 0 aromatic rings. The summed E-state index contributed by atoms with van der Waals surface area (Å²) >= 11 is 0. The summed E-state index contributed by atoms with van der Waals surface area (Å²) in [5.74, 6) is 0.884. The molecule has 0 amide bonds. The van der Waals surface area contributed by atoms with Crippen molar-refractivity contribution in [3.05, 3.63) is 0 Å². The first kappa shape index (κ1) is 14.0. The molecule has 1 fully saturated rings. The number of hydrogen-bond acceptors (Lipinski definition) is 2.